The van der Waals surface area contributed by atoms with Crippen LogP contribution in [0, 0.1) is 25.2 Å². The lowest BCUT2D eigenvalue weighted by atomic mass is 10.1. The largest absolute Gasteiger partial charge is 0.301 e. The summed E-state index contributed by atoms with van der Waals surface area (Å²) in [6.07, 6.45) is 0. The standard InChI is InChI=1S/C21H16N4OS2/c1-12-7-14-9-15(10-22)20(23-17(14)8-13(12)2)27-11-19(26)25-21-24-16-5-3-4-6-18(16)28-21/h3-9H,11H2,1-2H3,(H,24,25,26). The molecule has 2 aromatic heterocycles. The quantitative estimate of drug-likeness (QED) is 0.481. The van der Waals surface area contributed by atoms with Crippen molar-refractivity contribution in [3.8, 4) is 6.07 Å². The number of nitrogens with one attached hydrogen (secondary N) is 1. The van der Waals surface area contributed by atoms with Crippen molar-refractivity contribution >= 4 is 55.3 Å². The van der Waals surface area contributed by atoms with Crippen molar-refractivity contribution in [3.05, 3.63) is 59.2 Å². The van der Waals surface area contributed by atoms with Crippen molar-refractivity contribution in [1.29, 1.82) is 5.26 Å². The maximum Gasteiger partial charge on any atom is 0.236 e. The first kappa shape index (κ1) is 18.4. The van der Waals surface area contributed by atoms with E-state index in [2.05, 4.69) is 21.4 Å². The number of pyridine rings is 1. The van der Waals surface area contributed by atoms with Crippen molar-refractivity contribution in [2.75, 3.05) is 11.1 Å². The Morgan fingerprint density at radius 2 is 1.93 bits per heavy atom. The normalized spacial score (nSPS) is 10.9. The minimum absolute atomic E-state index is 0.161. The van der Waals surface area contributed by atoms with E-state index in [0.717, 1.165) is 32.2 Å². The minimum Gasteiger partial charge on any atom is -0.301 e. The van der Waals surface area contributed by atoms with Crippen molar-refractivity contribution in [2.45, 2.75) is 18.9 Å². The molecular formula is C21H16N4OS2. The Morgan fingerprint density at radius 1 is 1.14 bits per heavy atom. The van der Waals surface area contributed by atoms with Gasteiger partial charge >= 0.3 is 0 Å². The van der Waals surface area contributed by atoms with Gasteiger partial charge < -0.3 is 5.32 Å². The van der Waals surface area contributed by atoms with E-state index >= 15 is 0 Å². The Labute approximate surface area is 170 Å². The van der Waals surface area contributed by atoms with Gasteiger partial charge in [-0.05, 0) is 55.3 Å². The number of nitriles is 1. The maximum absolute atomic E-state index is 12.3. The van der Waals surface area contributed by atoms with Crippen molar-refractivity contribution in [2.24, 2.45) is 0 Å². The zero-order chi connectivity index (χ0) is 19.7. The number of amides is 1. The first-order valence-electron chi connectivity index (χ1n) is 8.64. The third-order valence-corrected chi connectivity index (χ3v) is 6.34. The van der Waals surface area contributed by atoms with E-state index in [1.807, 2.05) is 56.3 Å². The van der Waals surface area contributed by atoms with Gasteiger partial charge in [-0.25, -0.2) is 9.97 Å². The fourth-order valence-electron chi connectivity index (χ4n) is 2.83. The monoisotopic (exact) mass is 404 g/mol. The minimum atomic E-state index is -0.171. The van der Waals surface area contributed by atoms with Crippen LogP contribution in [0.3, 0.4) is 0 Å². The molecule has 1 N–H and O–H groups in total. The van der Waals surface area contributed by atoms with Crippen molar-refractivity contribution < 1.29 is 4.79 Å². The van der Waals surface area contributed by atoms with Gasteiger partial charge in [0.15, 0.2) is 5.13 Å². The summed E-state index contributed by atoms with van der Waals surface area (Å²) in [7, 11) is 0. The summed E-state index contributed by atoms with van der Waals surface area (Å²) in [5, 5.41) is 14.4. The SMILES string of the molecule is Cc1cc2cc(C#N)c(SCC(=O)Nc3nc4ccccc4s3)nc2cc1C. The third kappa shape index (κ3) is 3.70. The second kappa shape index (κ2) is 7.58. The zero-order valence-electron chi connectivity index (χ0n) is 15.3. The van der Waals surface area contributed by atoms with Crippen LogP contribution in [0.1, 0.15) is 16.7 Å². The number of rotatable bonds is 4. The highest BCUT2D eigenvalue weighted by atomic mass is 32.2. The molecule has 0 aliphatic carbocycles. The van der Waals surface area contributed by atoms with Crippen molar-refractivity contribution in [1.82, 2.24) is 9.97 Å². The number of aryl methyl sites for hydroxylation is 2. The molecule has 0 spiro atoms. The third-order valence-electron chi connectivity index (χ3n) is 4.40. The van der Waals surface area contributed by atoms with Gasteiger partial charge in [0.05, 0.1) is 27.0 Å². The van der Waals surface area contributed by atoms with E-state index in [9.17, 15) is 10.1 Å². The molecule has 138 valence electrons. The Balaban J connectivity index is 1.51. The van der Waals surface area contributed by atoms with Crippen LogP contribution in [0.25, 0.3) is 21.1 Å². The summed E-state index contributed by atoms with van der Waals surface area (Å²) in [5.41, 5.74) is 4.48. The van der Waals surface area contributed by atoms with E-state index in [4.69, 9.17) is 0 Å². The Hall–Kier alpha value is -2.95. The predicted octanol–water partition coefficient (Wildman–Crippen LogP) is 5.06. The molecular weight excluding hydrogens is 388 g/mol. The van der Waals surface area contributed by atoms with Crippen LogP contribution < -0.4 is 5.32 Å². The van der Waals surface area contributed by atoms with Crippen molar-refractivity contribution in [3.63, 3.8) is 0 Å². The van der Waals surface area contributed by atoms with E-state index in [1.54, 1.807) is 0 Å². The molecule has 7 heteroatoms. The Kier molecular flexibility index (Phi) is 4.99. The number of nitrogens with zero attached hydrogens (tertiary/aromatic N) is 3. The molecule has 0 saturated heterocycles. The highest BCUT2D eigenvalue weighted by Crippen LogP contribution is 2.28. The number of hydrogen-bond donors (Lipinski definition) is 1. The van der Waals surface area contributed by atoms with E-state index in [0.29, 0.717) is 15.7 Å². The zero-order valence-corrected chi connectivity index (χ0v) is 16.9. The lowest BCUT2D eigenvalue weighted by molar-refractivity contribution is -0.113. The van der Waals surface area contributed by atoms with Crippen LogP contribution in [0.2, 0.25) is 0 Å². The number of para-hydroxylation sites is 1. The molecule has 0 radical (unpaired) electrons. The second-order valence-corrected chi connectivity index (χ2v) is 8.40. The molecule has 0 fully saturated rings. The number of fused-ring (bicyclic) bond motifs is 2. The fraction of sp³-hybridized carbons (Fsp3) is 0.143. The molecule has 28 heavy (non-hydrogen) atoms. The molecule has 4 rings (SSSR count). The van der Waals surface area contributed by atoms with Gasteiger partial charge in [-0.1, -0.05) is 35.2 Å². The highest BCUT2D eigenvalue weighted by Gasteiger charge is 2.13. The number of aromatic nitrogens is 2. The average Bonchev–Trinajstić information content (AvgIpc) is 3.09. The Morgan fingerprint density at radius 3 is 2.71 bits per heavy atom. The second-order valence-electron chi connectivity index (χ2n) is 6.41. The van der Waals surface area contributed by atoms with E-state index in [-0.39, 0.29) is 11.7 Å². The number of carbonyl (C=O) groups excluding carboxylic acids is 1. The smallest absolute Gasteiger partial charge is 0.236 e. The van der Waals surface area contributed by atoms with E-state index < -0.39 is 0 Å². The molecule has 0 bridgehead atoms. The number of hydrogen-bond acceptors (Lipinski definition) is 6. The first-order valence-corrected chi connectivity index (χ1v) is 10.4. The van der Waals surface area contributed by atoms with Crippen LogP contribution in [0.4, 0.5) is 5.13 Å². The summed E-state index contributed by atoms with van der Waals surface area (Å²) in [5.74, 6) is -0.0107. The molecule has 0 saturated carbocycles. The summed E-state index contributed by atoms with van der Waals surface area (Å²) in [6.45, 7) is 4.07. The van der Waals surface area contributed by atoms with Crippen LogP contribution in [0.5, 0.6) is 0 Å². The van der Waals surface area contributed by atoms with Gasteiger partial charge in [0, 0.05) is 5.39 Å². The molecule has 2 aromatic carbocycles. The van der Waals surface area contributed by atoms with Crippen LogP contribution in [-0.2, 0) is 4.79 Å². The summed E-state index contributed by atoms with van der Waals surface area (Å²) < 4.78 is 1.03. The topological polar surface area (TPSA) is 78.7 Å². The van der Waals surface area contributed by atoms with Gasteiger partial charge in [-0.2, -0.15) is 5.26 Å². The molecule has 0 atom stereocenters. The number of thiazole rings is 1. The molecule has 0 aliphatic rings. The average molecular weight is 405 g/mol. The first-order chi connectivity index (χ1) is 13.5. The lowest BCUT2D eigenvalue weighted by Crippen LogP contribution is -2.14. The summed E-state index contributed by atoms with van der Waals surface area (Å²) in [6, 6.07) is 15.8. The van der Waals surface area contributed by atoms with Gasteiger partial charge in [0.1, 0.15) is 11.1 Å². The summed E-state index contributed by atoms with van der Waals surface area (Å²) in [4.78, 5) is 21.4. The molecule has 5 nitrogen and oxygen atoms in total. The van der Waals surface area contributed by atoms with E-state index in [1.165, 1.54) is 23.1 Å². The maximum atomic E-state index is 12.3. The Bertz CT molecular complexity index is 1220. The van der Waals surface area contributed by atoms with Gasteiger partial charge in [0.25, 0.3) is 0 Å². The molecule has 4 aromatic rings. The van der Waals surface area contributed by atoms with Crippen LogP contribution >= 0.6 is 23.1 Å². The molecule has 0 unspecified atom stereocenters. The number of carbonyl (C=O) groups is 1. The molecule has 2 heterocycles. The summed E-state index contributed by atoms with van der Waals surface area (Å²) >= 11 is 2.70. The van der Waals surface area contributed by atoms with Gasteiger partial charge in [0.2, 0.25) is 5.91 Å². The van der Waals surface area contributed by atoms with Crippen LogP contribution in [0.15, 0.2) is 47.5 Å². The van der Waals surface area contributed by atoms with Gasteiger partial charge in [-0.15, -0.1) is 0 Å². The lowest BCUT2D eigenvalue weighted by Gasteiger charge is -2.08. The number of thioether (sulfide) groups is 1. The fourth-order valence-corrected chi connectivity index (χ4v) is 4.47. The van der Waals surface area contributed by atoms with Gasteiger partial charge in [-0.3, -0.25) is 4.79 Å². The molecule has 0 aliphatic heterocycles. The number of benzene rings is 2. The highest BCUT2D eigenvalue weighted by molar-refractivity contribution is 8.00. The number of anilines is 1. The predicted molar refractivity (Wildman–Crippen MR) is 115 cm³/mol. The molecule has 1 amide bonds. The van der Waals surface area contributed by atoms with Crippen LogP contribution in [-0.4, -0.2) is 21.6 Å².